The van der Waals surface area contributed by atoms with E-state index in [2.05, 4.69) is 0 Å². The summed E-state index contributed by atoms with van der Waals surface area (Å²) in [7, 11) is -4.56. The molecule has 6 nitrogen and oxygen atoms in total. The Kier molecular flexibility index (Phi) is 6.12. The number of carboxylic acid groups (broad SMARTS) is 2. The molecule has 0 aliphatic rings. The maximum Gasteiger partial charge on any atom is 0.316 e. The van der Waals surface area contributed by atoms with Crippen LogP contribution in [0.2, 0.25) is 0 Å². The monoisotopic (exact) mass is 362 g/mol. The molecule has 3 atom stereocenters. The van der Waals surface area contributed by atoms with E-state index in [0.717, 1.165) is 0 Å². The third-order valence-electron chi connectivity index (χ3n) is 4.01. The fourth-order valence-corrected chi connectivity index (χ4v) is 4.66. The van der Waals surface area contributed by atoms with E-state index in [1.54, 1.807) is 60.7 Å². The van der Waals surface area contributed by atoms with Crippen LogP contribution in [0, 0.1) is 0 Å². The summed E-state index contributed by atoms with van der Waals surface area (Å²) in [5.41, 5.74) is -2.24. The van der Waals surface area contributed by atoms with Crippen LogP contribution in [0.1, 0.15) is 11.1 Å². The van der Waals surface area contributed by atoms with Gasteiger partial charge in [0.2, 0.25) is 7.37 Å². The molecule has 0 radical (unpaired) electrons. The number of hydrogen-bond donors (Lipinski definition) is 3. The standard InChI is InChI=1S/C18H19O6P/c19-17(20)15(11-13-7-3-1-4-8-13)25(23,24)16(18(21)22)12-14-9-5-2-6-10-14/h1-10,15-16H,11-12H2,(H,19,20)(H,21,22)(H,23,24)/t15-,16+. The van der Waals surface area contributed by atoms with Gasteiger partial charge in [-0.1, -0.05) is 60.7 Å². The van der Waals surface area contributed by atoms with Gasteiger partial charge < -0.3 is 15.1 Å². The SMILES string of the molecule is O=C(O)[C@@H](Cc1ccccc1)P(=O)(O)[C@@H](Cc1ccccc1)C(=O)O. The second-order valence-corrected chi connectivity index (χ2v) is 8.35. The molecule has 0 bridgehead atoms. The van der Waals surface area contributed by atoms with Gasteiger partial charge in [-0.05, 0) is 24.0 Å². The average Bonchev–Trinajstić information content (AvgIpc) is 2.58. The zero-order valence-electron chi connectivity index (χ0n) is 13.4. The quantitative estimate of drug-likeness (QED) is 0.623. The second-order valence-electron chi connectivity index (χ2n) is 5.76. The molecule has 0 fully saturated rings. The Labute approximate surface area is 145 Å². The van der Waals surface area contributed by atoms with Gasteiger partial charge in [0.05, 0.1) is 0 Å². The Hall–Kier alpha value is -2.43. The van der Waals surface area contributed by atoms with E-state index >= 15 is 0 Å². The third-order valence-corrected chi connectivity index (χ3v) is 6.60. The van der Waals surface area contributed by atoms with E-state index in [-0.39, 0.29) is 12.8 Å². The summed E-state index contributed by atoms with van der Waals surface area (Å²) in [5.74, 6) is -2.96. The molecule has 2 aromatic rings. The zero-order chi connectivity index (χ0) is 18.4. The molecule has 3 N–H and O–H groups in total. The number of hydrogen-bond acceptors (Lipinski definition) is 3. The molecular weight excluding hydrogens is 343 g/mol. The van der Waals surface area contributed by atoms with E-state index in [1.165, 1.54) is 0 Å². The highest BCUT2D eigenvalue weighted by molar-refractivity contribution is 7.61. The van der Waals surface area contributed by atoms with Crippen LogP contribution in [0.4, 0.5) is 0 Å². The molecular formula is C18H19O6P. The molecule has 132 valence electrons. The number of benzene rings is 2. The highest BCUT2D eigenvalue weighted by Crippen LogP contribution is 2.53. The van der Waals surface area contributed by atoms with Gasteiger partial charge in [-0.15, -0.1) is 0 Å². The molecule has 0 heterocycles. The Bertz CT molecular complexity index is 711. The first-order chi connectivity index (χ1) is 11.8. The molecule has 0 amide bonds. The van der Waals surface area contributed by atoms with Crippen molar-refractivity contribution in [2.24, 2.45) is 0 Å². The molecule has 0 aromatic heterocycles. The molecule has 0 spiro atoms. The minimum atomic E-state index is -4.56. The first-order valence-corrected chi connectivity index (χ1v) is 9.47. The first kappa shape index (κ1) is 18.9. The van der Waals surface area contributed by atoms with Crippen LogP contribution in [0.5, 0.6) is 0 Å². The lowest BCUT2D eigenvalue weighted by Gasteiger charge is -2.25. The molecule has 0 aliphatic carbocycles. The van der Waals surface area contributed by atoms with Crippen molar-refractivity contribution < 1.29 is 29.3 Å². The van der Waals surface area contributed by atoms with Gasteiger partial charge in [-0.3, -0.25) is 14.2 Å². The topological polar surface area (TPSA) is 112 Å². The van der Waals surface area contributed by atoms with Gasteiger partial charge in [0, 0.05) is 0 Å². The van der Waals surface area contributed by atoms with Crippen LogP contribution in [-0.2, 0) is 27.0 Å². The highest BCUT2D eigenvalue weighted by Gasteiger charge is 2.47. The Morgan fingerprint density at radius 1 is 0.760 bits per heavy atom. The van der Waals surface area contributed by atoms with Crippen molar-refractivity contribution >= 4 is 19.3 Å². The molecule has 2 rings (SSSR count). The average molecular weight is 362 g/mol. The number of carboxylic acids is 2. The fourth-order valence-electron chi connectivity index (χ4n) is 2.64. The lowest BCUT2D eigenvalue weighted by Crippen LogP contribution is -2.33. The van der Waals surface area contributed by atoms with Crippen molar-refractivity contribution in [2.45, 2.75) is 24.2 Å². The van der Waals surface area contributed by atoms with Crippen molar-refractivity contribution in [3.05, 3.63) is 71.8 Å². The molecule has 0 saturated heterocycles. The summed E-state index contributed by atoms with van der Waals surface area (Å²) < 4.78 is 12.9. The van der Waals surface area contributed by atoms with Crippen molar-refractivity contribution in [3.8, 4) is 0 Å². The Morgan fingerprint density at radius 3 is 1.36 bits per heavy atom. The zero-order valence-corrected chi connectivity index (χ0v) is 14.3. The van der Waals surface area contributed by atoms with E-state index in [4.69, 9.17) is 0 Å². The van der Waals surface area contributed by atoms with Gasteiger partial charge >= 0.3 is 11.9 Å². The van der Waals surface area contributed by atoms with Crippen LogP contribution in [0.3, 0.4) is 0 Å². The molecule has 25 heavy (non-hydrogen) atoms. The van der Waals surface area contributed by atoms with Crippen LogP contribution in [0.15, 0.2) is 60.7 Å². The van der Waals surface area contributed by atoms with Crippen molar-refractivity contribution in [1.82, 2.24) is 0 Å². The van der Waals surface area contributed by atoms with Crippen LogP contribution >= 0.6 is 7.37 Å². The van der Waals surface area contributed by atoms with Crippen molar-refractivity contribution in [3.63, 3.8) is 0 Å². The maximum absolute atomic E-state index is 12.9. The van der Waals surface area contributed by atoms with Crippen LogP contribution in [0.25, 0.3) is 0 Å². The molecule has 1 unspecified atom stereocenters. The summed E-state index contributed by atoms with van der Waals surface area (Å²) in [6.07, 6.45) is -0.412. The molecule has 7 heteroatoms. The molecule has 0 aliphatic heterocycles. The van der Waals surface area contributed by atoms with Crippen LogP contribution in [-0.4, -0.2) is 38.4 Å². The fraction of sp³-hybridized carbons (Fsp3) is 0.222. The van der Waals surface area contributed by atoms with Gasteiger partial charge in [0.15, 0.2) is 0 Å². The third kappa shape index (κ3) is 4.78. The van der Waals surface area contributed by atoms with E-state index < -0.39 is 30.6 Å². The Balaban J connectivity index is 2.33. The maximum atomic E-state index is 12.9. The minimum Gasteiger partial charge on any atom is -0.481 e. The normalized spacial score (nSPS) is 15.7. The van der Waals surface area contributed by atoms with E-state index in [1.807, 2.05) is 0 Å². The number of aliphatic carboxylic acids is 2. The highest BCUT2D eigenvalue weighted by atomic mass is 31.2. The smallest absolute Gasteiger partial charge is 0.316 e. The summed E-state index contributed by atoms with van der Waals surface area (Å²) in [5, 5.41) is 18.9. The van der Waals surface area contributed by atoms with Crippen molar-refractivity contribution in [1.29, 1.82) is 0 Å². The van der Waals surface area contributed by atoms with Crippen LogP contribution < -0.4 is 0 Å². The summed E-state index contributed by atoms with van der Waals surface area (Å²) in [4.78, 5) is 33.7. The predicted molar refractivity (Wildman–Crippen MR) is 93.0 cm³/mol. The van der Waals surface area contributed by atoms with E-state index in [0.29, 0.717) is 11.1 Å². The number of rotatable bonds is 8. The lowest BCUT2D eigenvalue weighted by molar-refractivity contribution is -0.136. The van der Waals surface area contributed by atoms with Gasteiger partial charge in [0.1, 0.15) is 11.3 Å². The summed E-state index contributed by atoms with van der Waals surface area (Å²) >= 11 is 0. The van der Waals surface area contributed by atoms with Gasteiger partial charge in [-0.25, -0.2) is 0 Å². The second kappa shape index (κ2) is 8.10. The molecule has 2 aromatic carbocycles. The minimum absolute atomic E-state index is 0.206. The molecule has 0 saturated carbocycles. The Morgan fingerprint density at radius 2 is 1.08 bits per heavy atom. The first-order valence-electron chi connectivity index (χ1n) is 7.68. The lowest BCUT2D eigenvalue weighted by atomic mass is 10.1. The predicted octanol–water partition coefficient (Wildman–Crippen LogP) is 2.65. The van der Waals surface area contributed by atoms with Gasteiger partial charge in [0.25, 0.3) is 0 Å². The largest absolute Gasteiger partial charge is 0.481 e. The van der Waals surface area contributed by atoms with E-state index in [9.17, 15) is 29.3 Å². The number of carbonyl (C=O) groups is 2. The van der Waals surface area contributed by atoms with Crippen molar-refractivity contribution in [2.75, 3.05) is 0 Å². The summed E-state index contributed by atoms with van der Waals surface area (Å²) in [6.45, 7) is 0. The summed E-state index contributed by atoms with van der Waals surface area (Å²) in [6, 6.07) is 16.8. The van der Waals surface area contributed by atoms with Gasteiger partial charge in [-0.2, -0.15) is 0 Å².